The summed E-state index contributed by atoms with van der Waals surface area (Å²) in [6.45, 7) is 7.79. The van der Waals surface area contributed by atoms with Gasteiger partial charge in [0.05, 0.1) is 30.4 Å². The molecule has 6 nitrogen and oxygen atoms in total. The Morgan fingerprint density at radius 1 is 1.33 bits per heavy atom. The van der Waals surface area contributed by atoms with E-state index in [-0.39, 0.29) is 41.4 Å². The standard InChI is InChI=1S/C14H20N2O4S/c1-6-8(3)20-9(4)11(6)13(17)15-5-10-16-7(2)12(21-10)14(18)19/h6,8-9,11H,5H2,1-4H3,(H,15,17)(H,18,19). The number of carbonyl (C=O) groups excluding carboxylic acids is 1. The lowest BCUT2D eigenvalue weighted by Gasteiger charge is -2.17. The van der Waals surface area contributed by atoms with Crippen LogP contribution in [0.5, 0.6) is 0 Å². The maximum absolute atomic E-state index is 12.3. The Labute approximate surface area is 127 Å². The van der Waals surface area contributed by atoms with Gasteiger partial charge in [-0.15, -0.1) is 11.3 Å². The molecule has 1 saturated heterocycles. The van der Waals surface area contributed by atoms with Gasteiger partial charge in [-0.1, -0.05) is 6.92 Å². The number of aryl methyl sites for hydroxylation is 1. The summed E-state index contributed by atoms with van der Waals surface area (Å²) in [5, 5.41) is 12.4. The minimum atomic E-state index is -0.983. The topological polar surface area (TPSA) is 88.5 Å². The molecule has 1 aliphatic heterocycles. The lowest BCUT2D eigenvalue weighted by Crippen LogP contribution is -2.36. The zero-order valence-electron chi connectivity index (χ0n) is 12.5. The molecule has 0 aromatic carbocycles. The highest BCUT2D eigenvalue weighted by atomic mass is 32.1. The van der Waals surface area contributed by atoms with Crippen molar-refractivity contribution in [2.45, 2.75) is 46.4 Å². The van der Waals surface area contributed by atoms with Crippen molar-refractivity contribution in [3.63, 3.8) is 0 Å². The van der Waals surface area contributed by atoms with Crippen LogP contribution in [0, 0.1) is 18.8 Å². The van der Waals surface area contributed by atoms with E-state index in [0.717, 1.165) is 11.3 Å². The highest BCUT2D eigenvalue weighted by molar-refractivity contribution is 7.13. The van der Waals surface area contributed by atoms with Crippen LogP contribution in [0.4, 0.5) is 0 Å². The first-order valence-electron chi connectivity index (χ1n) is 6.94. The molecule has 1 aromatic heterocycles. The van der Waals surface area contributed by atoms with Crippen LogP contribution in [0.2, 0.25) is 0 Å². The second-order valence-corrected chi connectivity index (χ2v) is 6.56. The van der Waals surface area contributed by atoms with Gasteiger partial charge in [-0.25, -0.2) is 9.78 Å². The lowest BCUT2D eigenvalue weighted by molar-refractivity contribution is -0.127. The zero-order chi connectivity index (χ0) is 15.7. The molecule has 1 amide bonds. The molecule has 1 aliphatic rings. The first kappa shape index (κ1) is 15.9. The summed E-state index contributed by atoms with van der Waals surface area (Å²) >= 11 is 1.10. The van der Waals surface area contributed by atoms with E-state index in [0.29, 0.717) is 10.7 Å². The number of hydrogen-bond acceptors (Lipinski definition) is 5. The predicted molar refractivity (Wildman–Crippen MR) is 78.3 cm³/mol. The summed E-state index contributed by atoms with van der Waals surface area (Å²) < 4.78 is 5.66. The van der Waals surface area contributed by atoms with Crippen LogP contribution in [-0.2, 0) is 16.1 Å². The number of aromatic carboxylic acids is 1. The van der Waals surface area contributed by atoms with Gasteiger partial charge in [0, 0.05) is 0 Å². The Morgan fingerprint density at radius 3 is 2.48 bits per heavy atom. The molecule has 2 rings (SSSR count). The molecule has 4 unspecified atom stereocenters. The van der Waals surface area contributed by atoms with Gasteiger partial charge in [0.2, 0.25) is 5.91 Å². The van der Waals surface area contributed by atoms with Crippen LogP contribution in [0.15, 0.2) is 0 Å². The van der Waals surface area contributed by atoms with Gasteiger partial charge in [-0.05, 0) is 26.7 Å². The third-order valence-electron chi connectivity index (χ3n) is 3.99. The van der Waals surface area contributed by atoms with E-state index in [9.17, 15) is 9.59 Å². The number of aromatic nitrogens is 1. The molecular weight excluding hydrogens is 292 g/mol. The van der Waals surface area contributed by atoms with Crippen LogP contribution in [-0.4, -0.2) is 34.2 Å². The van der Waals surface area contributed by atoms with Gasteiger partial charge < -0.3 is 15.2 Å². The quantitative estimate of drug-likeness (QED) is 0.885. The number of thiazole rings is 1. The molecule has 1 fully saturated rings. The summed E-state index contributed by atoms with van der Waals surface area (Å²) in [5.41, 5.74) is 0.483. The lowest BCUT2D eigenvalue weighted by atomic mass is 9.89. The highest BCUT2D eigenvalue weighted by Crippen LogP contribution is 2.32. The van der Waals surface area contributed by atoms with Crippen molar-refractivity contribution < 1.29 is 19.4 Å². The van der Waals surface area contributed by atoms with Crippen molar-refractivity contribution in [3.05, 3.63) is 15.6 Å². The van der Waals surface area contributed by atoms with E-state index in [4.69, 9.17) is 9.84 Å². The molecule has 0 saturated carbocycles. The van der Waals surface area contributed by atoms with Crippen LogP contribution in [0.1, 0.15) is 41.1 Å². The molecular formula is C14H20N2O4S. The van der Waals surface area contributed by atoms with E-state index in [1.54, 1.807) is 6.92 Å². The minimum absolute atomic E-state index is 0.0657. The van der Waals surface area contributed by atoms with Gasteiger partial charge in [0.25, 0.3) is 0 Å². The first-order valence-corrected chi connectivity index (χ1v) is 7.75. The van der Waals surface area contributed by atoms with Gasteiger partial charge in [0.1, 0.15) is 9.88 Å². The summed E-state index contributed by atoms with van der Waals surface area (Å²) in [6.07, 6.45) is -0.0425. The normalized spacial score (nSPS) is 28.6. The van der Waals surface area contributed by atoms with Crippen molar-refractivity contribution in [1.82, 2.24) is 10.3 Å². The molecule has 2 heterocycles. The summed E-state index contributed by atoms with van der Waals surface area (Å²) in [6, 6.07) is 0. The molecule has 0 radical (unpaired) electrons. The average Bonchev–Trinajstić information content (AvgIpc) is 2.88. The Balaban J connectivity index is 1.98. The second kappa shape index (κ2) is 6.11. The molecule has 0 bridgehead atoms. The summed E-state index contributed by atoms with van der Waals surface area (Å²) in [5.74, 6) is -1.07. The number of carboxylic acids is 1. The summed E-state index contributed by atoms with van der Waals surface area (Å²) in [4.78, 5) is 27.6. The van der Waals surface area contributed by atoms with Crippen LogP contribution < -0.4 is 5.32 Å². The molecule has 21 heavy (non-hydrogen) atoms. The number of carboxylic acid groups (broad SMARTS) is 1. The fourth-order valence-electron chi connectivity index (χ4n) is 2.73. The number of hydrogen-bond donors (Lipinski definition) is 2. The fraction of sp³-hybridized carbons (Fsp3) is 0.643. The molecule has 2 N–H and O–H groups in total. The smallest absolute Gasteiger partial charge is 0.347 e. The molecule has 116 valence electrons. The molecule has 0 aliphatic carbocycles. The predicted octanol–water partition coefficient (Wildman–Crippen LogP) is 1.83. The Hall–Kier alpha value is -1.47. The average molecular weight is 312 g/mol. The maximum Gasteiger partial charge on any atom is 0.347 e. The van der Waals surface area contributed by atoms with Gasteiger partial charge in [0.15, 0.2) is 0 Å². The van der Waals surface area contributed by atoms with Crippen molar-refractivity contribution in [2.75, 3.05) is 0 Å². The molecule has 1 aromatic rings. The Morgan fingerprint density at radius 2 is 2.00 bits per heavy atom. The minimum Gasteiger partial charge on any atom is -0.477 e. The van der Waals surface area contributed by atoms with Crippen molar-refractivity contribution >= 4 is 23.2 Å². The van der Waals surface area contributed by atoms with Crippen molar-refractivity contribution in [1.29, 1.82) is 0 Å². The summed E-state index contributed by atoms with van der Waals surface area (Å²) in [7, 11) is 0. The maximum atomic E-state index is 12.3. The number of nitrogens with zero attached hydrogens (tertiary/aromatic N) is 1. The third-order valence-corrected chi connectivity index (χ3v) is 5.14. The SMILES string of the molecule is Cc1nc(CNC(=O)C2C(C)OC(C)C2C)sc1C(=O)O. The number of ether oxygens (including phenoxy) is 1. The van der Waals surface area contributed by atoms with E-state index in [1.165, 1.54) is 0 Å². The van der Waals surface area contributed by atoms with E-state index in [2.05, 4.69) is 10.3 Å². The number of amides is 1. The molecule has 4 atom stereocenters. The zero-order valence-corrected chi connectivity index (χ0v) is 13.4. The van der Waals surface area contributed by atoms with Crippen LogP contribution in [0.25, 0.3) is 0 Å². The van der Waals surface area contributed by atoms with E-state index < -0.39 is 5.97 Å². The van der Waals surface area contributed by atoms with Crippen LogP contribution in [0.3, 0.4) is 0 Å². The Bertz CT molecular complexity index is 557. The second-order valence-electron chi connectivity index (χ2n) is 5.48. The fourth-order valence-corrected chi connectivity index (χ4v) is 3.57. The highest BCUT2D eigenvalue weighted by Gasteiger charge is 2.41. The Kier molecular flexibility index (Phi) is 4.63. The number of rotatable bonds is 4. The molecule has 0 spiro atoms. The van der Waals surface area contributed by atoms with Gasteiger partial charge >= 0.3 is 5.97 Å². The van der Waals surface area contributed by atoms with E-state index in [1.807, 2.05) is 20.8 Å². The largest absolute Gasteiger partial charge is 0.477 e. The van der Waals surface area contributed by atoms with Crippen molar-refractivity contribution in [2.24, 2.45) is 11.8 Å². The van der Waals surface area contributed by atoms with Crippen molar-refractivity contribution in [3.8, 4) is 0 Å². The third kappa shape index (κ3) is 3.24. The number of nitrogens with one attached hydrogen (secondary N) is 1. The number of carbonyl (C=O) groups is 2. The molecule has 7 heteroatoms. The van der Waals surface area contributed by atoms with Gasteiger partial charge in [-0.2, -0.15) is 0 Å². The monoisotopic (exact) mass is 312 g/mol. The van der Waals surface area contributed by atoms with Crippen LogP contribution >= 0.6 is 11.3 Å². The first-order chi connectivity index (χ1) is 9.81. The van der Waals surface area contributed by atoms with Gasteiger partial charge in [-0.3, -0.25) is 4.79 Å². The van der Waals surface area contributed by atoms with E-state index >= 15 is 0 Å².